The minimum atomic E-state index is -0.0138. The highest BCUT2D eigenvalue weighted by Gasteiger charge is 2.60. The van der Waals surface area contributed by atoms with E-state index in [9.17, 15) is 9.59 Å². The van der Waals surface area contributed by atoms with Crippen molar-refractivity contribution in [2.24, 2.45) is 11.8 Å². The number of hydrogen-bond donors (Lipinski definition) is 0. The number of nitrogens with zero attached hydrogens (tertiary/aromatic N) is 3. The maximum atomic E-state index is 13.1. The number of benzene rings is 2. The van der Waals surface area contributed by atoms with Crippen LogP contribution in [0, 0.1) is 11.8 Å². The van der Waals surface area contributed by atoms with Crippen molar-refractivity contribution in [3.05, 3.63) is 72.1 Å². The van der Waals surface area contributed by atoms with Crippen molar-refractivity contribution in [1.82, 2.24) is 9.88 Å². The molecule has 0 bridgehead atoms. The number of rotatable bonds is 2. The van der Waals surface area contributed by atoms with E-state index < -0.39 is 0 Å². The fourth-order valence-electron chi connectivity index (χ4n) is 5.36. The standard InChI is InChI=1S/C24H21N3O2/c28-21-14-26(24(29)23-19-12-15-4-1-2-6-18(15)22(19)23)10-11-27(21)20-7-3-5-16-13-25-9-8-17(16)20/h1-9,13,19,22-23H,10-12,14H2. The highest BCUT2D eigenvalue weighted by atomic mass is 16.2. The maximum Gasteiger partial charge on any atom is 0.246 e. The summed E-state index contributed by atoms with van der Waals surface area (Å²) in [6, 6.07) is 16.3. The number of amides is 2. The molecule has 0 radical (unpaired) electrons. The van der Waals surface area contributed by atoms with E-state index in [1.165, 1.54) is 11.1 Å². The van der Waals surface area contributed by atoms with Crippen molar-refractivity contribution >= 4 is 28.3 Å². The summed E-state index contributed by atoms with van der Waals surface area (Å²) in [6.45, 7) is 1.28. The van der Waals surface area contributed by atoms with E-state index >= 15 is 0 Å². The van der Waals surface area contributed by atoms with E-state index in [4.69, 9.17) is 0 Å². The van der Waals surface area contributed by atoms with Crippen LogP contribution in [-0.2, 0) is 16.0 Å². The van der Waals surface area contributed by atoms with Gasteiger partial charge in [-0.1, -0.05) is 36.4 Å². The molecule has 1 saturated carbocycles. The van der Waals surface area contributed by atoms with Crippen LogP contribution in [0.4, 0.5) is 5.69 Å². The van der Waals surface area contributed by atoms with Crippen LogP contribution in [0.15, 0.2) is 60.9 Å². The number of aromatic nitrogens is 1. The van der Waals surface area contributed by atoms with Crippen molar-refractivity contribution in [2.45, 2.75) is 12.3 Å². The van der Waals surface area contributed by atoms with Gasteiger partial charge in [-0.15, -0.1) is 0 Å². The smallest absolute Gasteiger partial charge is 0.246 e. The zero-order valence-electron chi connectivity index (χ0n) is 16.0. The van der Waals surface area contributed by atoms with E-state index in [1.54, 1.807) is 11.1 Å². The molecule has 1 aromatic heterocycles. The number of anilines is 1. The number of pyridine rings is 1. The molecule has 3 atom stereocenters. The summed E-state index contributed by atoms with van der Waals surface area (Å²) in [6.07, 6.45) is 4.56. The van der Waals surface area contributed by atoms with Crippen molar-refractivity contribution in [1.29, 1.82) is 0 Å². The van der Waals surface area contributed by atoms with Crippen LogP contribution in [0.2, 0.25) is 0 Å². The second-order valence-electron chi connectivity index (χ2n) is 8.30. The molecule has 2 amide bonds. The SMILES string of the molecule is O=C(C1C2Cc3ccccc3C21)N1CCN(c2cccc3cnccc23)C(=O)C1. The second-order valence-corrected chi connectivity index (χ2v) is 8.30. The molecule has 5 nitrogen and oxygen atoms in total. The molecule has 2 heterocycles. The predicted octanol–water partition coefficient (Wildman–Crippen LogP) is 3.00. The molecule has 1 aliphatic heterocycles. The summed E-state index contributed by atoms with van der Waals surface area (Å²) in [5.74, 6) is 0.994. The molecular weight excluding hydrogens is 362 g/mol. The van der Waals surface area contributed by atoms with Gasteiger partial charge in [-0.2, -0.15) is 0 Å². The molecule has 3 unspecified atom stereocenters. The second kappa shape index (κ2) is 6.14. The van der Waals surface area contributed by atoms with E-state index in [1.807, 2.05) is 35.4 Å². The quantitative estimate of drug-likeness (QED) is 0.684. The number of hydrogen-bond acceptors (Lipinski definition) is 3. The van der Waals surface area contributed by atoms with Crippen molar-refractivity contribution in [2.75, 3.05) is 24.5 Å². The Kier molecular flexibility index (Phi) is 3.54. The summed E-state index contributed by atoms with van der Waals surface area (Å²) in [4.78, 5) is 33.8. The Balaban J connectivity index is 1.20. The van der Waals surface area contributed by atoms with Gasteiger partial charge in [0.05, 0.1) is 5.69 Å². The first-order valence-electron chi connectivity index (χ1n) is 10.2. The van der Waals surface area contributed by atoms with E-state index in [2.05, 4.69) is 29.2 Å². The Hall–Kier alpha value is -3.21. The predicted molar refractivity (Wildman–Crippen MR) is 111 cm³/mol. The normalized spacial score (nSPS) is 25.1. The third-order valence-electron chi connectivity index (χ3n) is 6.80. The molecule has 0 spiro atoms. The Morgan fingerprint density at radius 2 is 1.93 bits per heavy atom. The van der Waals surface area contributed by atoms with Crippen LogP contribution >= 0.6 is 0 Å². The number of carbonyl (C=O) groups is 2. The molecule has 3 aromatic rings. The lowest BCUT2D eigenvalue weighted by Crippen LogP contribution is -2.53. The summed E-state index contributed by atoms with van der Waals surface area (Å²) in [5.41, 5.74) is 3.63. The van der Waals surface area contributed by atoms with Gasteiger partial charge >= 0.3 is 0 Å². The van der Waals surface area contributed by atoms with Crippen LogP contribution < -0.4 is 4.90 Å². The zero-order valence-corrected chi connectivity index (χ0v) is 16.0. The fourth-order valence-corrected chi connectivity index (χ4v) is 5.36. The van der Waals surface area contributed by atoms with Gasteiger partial charge in [0.2, 0.25) is 11.8 Å². The molecule has 2 aliphatic carbocycles. The van der Waals surface area contributed by atoms with Crippen molar-refractivity contribution < 1.29 is 9.59 Å². The Morgan fingerprint density at radius 1 is 1.03 bits per heavy atom. The maximum absolute atomic E-state index is 13.1. The highest BCUT2D eigenvalue weighted by molar-refractivity contribution is 6.05. The first kappa shape index (κ1) is 16.7. The minimum Gasteiger partial charge on any atom is -0.331 e. The Labute approximate surface area is 168 Å². The third kappa shape index (κ3) is 2.50. The Morgan fingerprint density at radius 3 is 2.83 bits per heavy atom. The largest absolute Gasteiger partial charge is 0.331 e. The van der Waals surface area contributed by atoms with Crippen LogP contribution in [-0.4, -0.2) is 41.3 Å². The molecule has 5 heteroatoms. The minimum absolute atomic E-state index is 0.0138. The lowest BCUT2D eigenvalue weighted by Gasteiger charge is -2.35. The van der Waals surface area contributed by atoms with Crippen LogP contribution in [0.5, 0.6) is 0 Å². The van der Waals surface area contributed by atoms with Gasteiger partial charge in [-0.25, -0.2) is 0 Å². The first-order valence-corrected chi connectivity index (χ1v) is 10.2. The lowest BCUT2D eigenvalue weighted by atomic mass is 10.0. The highest BCUT2D eigenvalue weighted by Crippen LogP contribution is 2.61. The van der Waals surface area contributed by atoms with Gasteiger partial charge in [0, 0.05) is 42.2 Å². The number of fused-ring (bicyclic) bond motifs is 4. The van der Waals surface area contributed by atoms with Gasteiger partial charge < -0.3 is 9.80 Å². The summed E-state index contributed by atoms with van der Waals surface area (Å²) < 4.78 is 0. The average molecular weight is 383 g/mol. The Bertz CT molecular complexity index is 1150. The first-order chi connectivity index (χ1) is 14.2. The van der Waals surface area contributed by atoms with E-state index in [0.717, 1.165) is 22.9 Å². The summed E-state index contributed by atoms with van der Waals surface area (Å²) >= 11 is 0. The molecule has 144 valence electrons. The molecule has 6 rings (SSSR count). The van der Waals surface area contributed by atoms with Gasteiger partial charge in [-0.05, 0) is 41.5 Å². The van der Waals surface area contributed by atoms with Crippen LogP contribution in [0.1, 0.15) is 17.0 Å². The van der Waals surface area contributed by atoms with E-state index in [-0.39, 0.29) is 24.3 Å². The monoisotopic (exact) mass is 383 g/mol. The summed E-state index contributed by atoms with van der Waals surface area (Å²) in [7, 11) is 0. The average Bonchev–Trinajstić information content (AvgIpc) is 3.34. The molecule has 2 aromatic carbocycles. The molecule has 1 saturated heterocycles. The van der Waals surface area contributed by atoms with Crippen molar-refractivity contribution in [3.8, 4) is 0 Å². The zero-order chi connectivity index (χ0) is 19.5. The summed E-state index contributed by atoms with van der Waals surface area (Å²) in [5, 5.41) is 2.03. The van der Waals surface area contributed by atoms with Crippen LogP contribution in [0.3, 0.4) is 0 Å². The molecule has 2 fully saturated rings. The topological polar surface area (TPSA) is 53.5 Å². The molecule has 0 N–H and O–H groups in total. The molecular formula is C24H21N3O2. The third-order valence-corrected chi connectivity index (χ3v) is 6.80. The van der Waals surface area contributed by atoms with Gasteiger partial charge in [0.15, 0.2) is 0 Å². The van der Waals surface area contributed by atoms with Gasteiger partial charge in [0.25, 0.3) is 0 Å². The molecule has 29 heavy (non-hydrogen) atoms. The van der Waals surface area contributed by atoms with Gasteiger partial charge in [-0.3, -0.25) is 14.6 Å². The van der Waals surface area contributed by atoms with Crippen molar-refractivity contribution in [3.63, 3.8) is 0 Å². The fraction of sp³-hybridized carbons (Fsp3) is 0.292. The van der Waals surface area contributed by atoms with E-state index in [0.29, 0.717) is 24.9 Å². The lowest BCUT2D eigenvalue weighted by molar-refractivity contribution is -0.138. The van der Waals surface area contributed by atoms with Gasteiger partial charge in [0.1, 0.15) is 6.54 Å². The van der Waals surface area contributed by atoms with Crippen LogP contribution in [0.25, 0.3) is 10.8 Å². The molecule has 3 aliphatic rings. The number of carbonyl (C=O) groups excluding carboxylic acids is 2. The number of piperazine rings is 1.